The van der Waals surface area contributed by atoms with Gasteiger partial charge in [0, 0.05) is 12.7 Å². The average molecular weight is 166 g/mol. The lowest BCUT2D eigenvalue weighted by Gasteiger charge is -2.06. The summed E-state index contributed by atoms with van der Waals surface area (Å²) in [6, 6.07) is 0. The predicted molar refractivity (Wildman–Crippen MR) is 51.4 cm³/mol. The van der Waals surface area contributed by atoms with Crippen molar-refractivity contribution in [1.82, 2.24) is 9.78 Å². The number of aryl methyl sites for hydroxylation is 2. The van der Waals surface area contributed by atoms with Crippen LogP contribution in [0.2, 0.25) is 0 Å². The molecule has 1 rings (SSSR count). The van der Waals surface area contributed by atoms with Crippen LogP contribution in [0.4, 0.5) is 0 Å². The molecule has 1 aromatic rings. The second-order valence-electron chi connectivity index (χ2n) is 3.58. The molecule has 0 aliphatic heterocycles. The highest BCUT2D eigenvalue weighted by Gasteiger charge is 2.13. The van der Waals surface area contributed by atoms with E-state index in [2.05, 4.69) is 32.8 Å². The van der Waals surface area contributed by atoms with Gasteiger partial charge in [-0.3, -0.25) is 4.68 Å². The molecule has 0 aliphatic rings. The summed E-state index contributed by atoms with van der Waals surface area (Å²) in [6.45, 7) is 8.73. The molecule has 1 aromatic heterocycles. The first-order valence-electron chi connectivity index (χ1n) is 4.60. The Balaban J connectivity index is 3.23. The van der Waals surface area contributed by atoms with Crippen molar-refractivity contribution in [1.29, 1.82) is 0 Å². The topological polar surface area (TPSA) is 17.8 Å². The van der Waals surface area contributed by atoms with Crippen molar-refractivity contribution in [2.24, 2.45) is 7.05 Å². The Kier molecular flexibility index (Phi) is 2.55. The van der Waals surface area contributed by atoms with Crippen molar-refractivity contribution in [3.8, 4) is 0 Å². The van der Waals surface area contributed by atoms with E-state index in [0.717, 1.165) is 6.42 Å². The highest BCUT2D eigenvalue weighted by Crippen LogP contribution is 2.22. The molecular formula is C10H18N2. The molecule has 0 aliphatic carbocycles. The minimum atomic E-state index is 0.591. The Hall–Kier alpha value is -0.790. The minimum absolute atomic E-state index is 0.591. The number of hydrogen-bond donors (Lipinski definition) is 0. The van der Waals surface area contributed by atoms with Crippen LogP contribution in [-0.2, 0) is 13.5 Å². The first-order valence-corrected chi connectivity index (χ1v) is 4.60. The van der Waals surface area contributed by atoms with Crippen molar-refractivity contribution < 1.29 is 0 Å². The molecule has 0 N–H and O–H groups in total. The van der Waals surface area contributed by atoms with E-state index >= 15 is 0 Å². The quantitative estimate of drug-likeness (QED) is 0.659. The van der Waals surface area contributed by atoms with E-state index in [0.29, 0.717) is 5.92 Å². The van der Waals surface area contributed by atoms with Crippen molar-refractivity contribution in [3.63, 3.8) is 0 Å². The van der Waals surface area contributed by atoms with Gasteiger partial charge in [-0.15, -0.1) is 0 Å². The minimum Gasteiger partial charge on any atom is -0.272 e. The summed E-state index contributed by atoms with van der Waals surface area (Å²) in [5.41, 5.74) is 3.99. The van der Waals surface area contributed by atoms with Crippen molar-refractivity contribution in [2.75, 3.05) is 0 Å². The van der Waals surface area contributed by atoms with Crippen LogP contribution in [0.25, 0.3) is 0 Å². The van der Waals surface area contributed by atoms with Crippen LogP contribution < -0.4 is 0 Å². The SMILES string of the molecule is CCc1c(C(C)C)c(C)nn1C. The third-order valence-corrected chi connectivity index (χ3v) is 2.30. The molecule has 0 saturated heterocycles. The van der Waals surface area contributed by atoms with Crippen LogP contribution >= 0.6 is 0 Å². The average Bonchev–Trinajstić information content (AvgIpc) is 2.24. The Bertz CT molecular complexity index is 272. The molecule has 68 valence electrons. The zero-order valence-electron chi connectivity index (χ0n) is 8.68. The molecule has 0 spiro atoms. The van der Waals surface area contributed by atoms with E-state index < -0.39 is 0 Å². The lowest BCUT2D eigenvalue weighted by Crippen LogP contribution is -1.99. The molecule has 1 heterocycles. The Labute approximate surface area is 74.6 Å². The second kappa shape index (κ2) is 3.30. The van der Waals surface area contributed by atoms with Crippen LogP contribution in [0.1, 0.15) is 43.6 Å². The fraction of sp³-hybridized carbons (Fsp3) is 0.700. The monoisotopic (exact) mass is 166 g/mol. The fourth-order valence-corrected chi connectivity index (χ4v) is 1.89. The maximum Gasteiger partial charge on any atom is 0.0631 e. The lowest BCUT2D eigenvalue weighted by molar-refractivity contribution is 0.705. The molecule has 0 amide bonds. The smallest absolute Gasteiger partial charge is 0.0631 e. The summed E-state index contributed by atoms with van der Waals surface area (Å²) in [7, 11) is 2.03. The molecule has 12 heavy (non-hydrogen) atoms. The van der Waals surface area contributed by atoms with Gasteiger partial charge >= 0.3 is 0 Å². The maximum absolute atomic E-state index is 4.42. The molecule has 0 saturated carbocycles. The second-order valence-corrected chi connectivity index (χ2v) is 3.58. The van der Waals surface area contributed by atoms with Gasteiger partial charge in [0.05, 0.1) is 5.69 Å². The molecule has 2 heteroatoms. The summed E-state index contributed by atoms with van der Waals surface area (Å²) in [4.78, 5) is 0. The number of nitrogens with zero attached hydrogens (tertiary/aromatic N) is 2. The number of aromatic nitrogens is 2. The van der Waals surface area contributed by atoms with Gasteiger partial charge in [0.1, 0.15) is 0 Å². The summed E-state index contributed by atoms with van der Waals surface area (Å²) in [5, 5.41) is 4.42. The van der Waals surface area contributed by atoms with E-state index in [1.165, 1.54) is 17.0 Å². The van der Waals surface area contributed by atoms with E-state index in [1.54, 1.807) is 0 Å². The largest absolute Gasteiger partial charge is 0.272 e. The Morgan fingerprint density at radius 1 is 1.42 bits per heavy atom. The van der Waals surface area contributed by atoms with Gasteiger partial charge in [0.15, 0.2) is 0 Å². The van der Waals surface area contributed by atoms with Gasteiger partial charge in [-0.05, 0) is 24.8 Å². The van der Waals surface area contributed by atoms with Crippen LogP contribution in [0.5, 0.6) is 0 Å². The normalized spacial score (nSPS) is 11.2. The Morgan fingerprint density at radius 3 is 2.33 bits per heavy atom. The predicted octanol–water partition coefficient (Wildman–Crippen LogP) is 2.41. The summed E-state index contributed by atoms with van der Waals surface area (Å²) < 4.78 is 2.00. The molecule has 0 aromatic carbocycles. The third kappa shape index (κ3) is 1.38. The van der Waals surface area contributed by atoms with E-state index in [4.69, 9.17) is 0 Å². The fourth-order valence-electron chi connectivity index (χ4n) is 1.89. The maximum atomic E-state index is 4.42. The van der Waals surface area contributed by atoms with Crippen molar-refractivity contribution in [2.45, 2.75) is 40.0 Å². The standard InChI is InChI=1S/C10H18N2/c1-6-9-10(7(2)3)8(4)11-12(9)5/h7H,6H2,1-5H3. The zero-order valence-corrected chi connectivity index (χ0v) is 8.68. The van der Waals surface area contributed by atoms with Crippen molar-refractivity contribution in [3.05, 3.63) is 17.0 Å². The van der Waals surface area contributed by atoms with E-state index in [1.807, 2.05) is 11.7 Å². The molecule has 2 nitrogen and oxygen atoms in total. The van der Waals surface area contributed by atoms with Gasteiger partial charge < -0.3 is 0 Å². The molecule has 0 radical (unpaired) electrons. The molecule has 0 fully saturated rings. The molecule has 0 unspecified atom stereocenters. The summed E-state index contributed by atoms with van der Waals surface area (Å²) in [5.74, 6) is 0.591. The lowest BCUT2D eigenvalue weighted by atomic mass is 10.00. The first kappa shape index (κ1) is 9.30. The summed E-state index contributed by atoms with van der Waals surface area (Å²) >= 11 is 0. The highest BCUT2D eigenvalue weighted by molar-refractivity contribution is 5.28. The van der Waals surface area contributed by atoms with E-state index in [-0.39, 0.29) is 0 Å². The van der Waals surface area contributed by atoms with Gasteiger partial charge in [0.25, 0.3) is 0 Å². The van der Waals surface area contributed by atoms with Crippen molar-refractivity contribution >= 4 is 0 Å². The zero-order chi connectivity index (χ0) is 9.30. The first-order chi connectivity index (χ1) is 5.57. The summed E-state index contributed by atoms with van der Waals surface area (Å²) in [6.07, 6.45) is 1.07. The molecular weight excluding hydrogens is 148 g/mol. The van der Waals surface area contributed by atoms with Gasteiger partial charge in [0.2, 0.25) is 0 Å². The number of rotatable bonds is 2. The van der Waals surface area contributed by atoms with Gasteiger partial charge in [-0.2, -0.15) is 5.10 Å². The van der Waals surface area contributed by atoms with E-state index in [9.17, 15) is 0 Å². The Morgan fingerprint density at radius 2 is 2.00 bits per heavy atom. The third-order valence-electron chi connectivity index (χ3n) is 2.30. The van der Waals surface area contributed by atoms with Crippen LogP contribution in [0.3, 0.4) is 0 Å². The number of hydrogen-bond acceptors (Lipinski definition) is 1. The highest BCUT2D eigenvalue weighted by atomic mass is 15.3. The van der Waals surface area contributed by atoms with Gasteiger partial charge in [-0.1, -0.05) is 20.8 Å². The van der Waals surface area contributed by atoms with Crippen LogP contribution in [0, 0.1) is 6.92 Å². The van der Waals surface area contributed by atoms with Gasteiger partial charge in [-0.25, -0.2) is 0 Å². The van der Waals surface area contributed by atoms with Crippen LogP contribution in [-0.4, -0.2) is 9.78 Å². The van der Waals surface area contributed by atoms with Crippen LogP contribution in [0.15, 0.2) is 0 Å². The molecule has 0 atom stereocenters. The molecule has 0 bridgehead atoms.